The van der Waals surface area contributed by atoms with Crippen LogP contribution in [0, 0.1) is 11.6 Å². The number of rotatable bonds is 5. The number of nitrogen functional groups attached to an aromatic ring is 1. The molecular weight excluding hydrogens is 242 g/mol. The van der Waals surface area contributed by atoms with Gasteiger partial charge < -0.3 is 15.8 Å². The Hall–Kier alpha value is -1.69. The first-order valence-electron chi connectivity index (χ1n) is 5.53. The Balaban J connectivity index is 2.90. The first-order chi connectivity index (χ1) is 8.49. The average Bonchev–Trinajstić information content (AvgIpc) is 2.32. The van der Waals surface area contributed by atoms with E-state index in [4.69, 9.17) is 10.5 Å². The van der Waals surface area contributed by atoms with Gasteiger partial charge in [0.1, 0.15) is 5.82 Å². The number of halogens is 2. The van der Waals surface area contributed by atoms with Crippen molar-refractivity contribution in [1.82, 2.24) is 5.32 Å². The molecule has 0 heterocycles. The van der Waals surface area contributed by atoms with Crippen LogP contribution in [0.5, 0.6) is 0 Å². The maximum absolute atomic E-state index is 13.6. The number of hydrogen-bond donors (Lipinski definition) is 2. The third-order valence-corrected chi connectivity index (χ3v) is 2.51. The molecule has 0 fully saturated rings. The lowest BCUT2D eigenvalue weighted by Crippen LogP contribution is -2.38. The van der Waals surface area contributed by atoms with Gasteiger partial charge in [-0.1, -0.05) is 6.92 Å². The molecule has 0 saturated heterocycles. The summed E-state index contributed by atoms with van der Waals surface area (Å²) in [6.45, 7) is 2.15. The van der Waals surface area contributed by atoms with Gasteiger partial charge in [0.25, 0.3) is 5.91 Å². The molecule has 18 heavy (non-hydrogen) atoms. The smallest absolute Gasteiger partial charge is 0.254 e. The molecule has 0 bridgehead atoms. The summed E-state index contributed by atoms with van der Waals surface area (Å²) in [5.74, 6) is -2.37. The van der Waals surface area contributed by atoms with E-state index in [1.54, 1.807) is 0 Å². The SMILES string of the molecule is CCC(COC)NC(=O)c1cc(F)cc(N)c1F. The zero-order chi connectivity index (χ0) is 13.7. The van der Waals surface area contributed by atoms with Crippen LogP contribution in [0.25, 0.3) is 0 Å². The first kappa shape index (κ1) is 14.4. The predicted octanol–water partition coefficient (Wildman–Crippen LogP) is 1.70. The number of ether oxygens (including phenoxy) is 1. The summed E-state index contributed by atoms with van der Waals surface area (Å²) in [4.78, 5) is 11.8. The molecule has 0 aliphatic heterocycles. The minimum Gasteiger partial charge on any atom is -0.396 e. The van der Waals surface area contributed by atoms with Crippen molar-refractivity contribution in [2.75, 3.05) is 19.5 Å². The Morgan fingerprint density at radius 1 is 1.50 bits per heavy atom. The van der Waals surface area contributed by atoms with Gasteiger partial charge in [-0.05, 0) is 18.6 Å². The zero-order valence-electron chi connectivity index (χ0n) is 10.3. The minimum atomic E-state index is -0.916. The largest absolute Gasteiger partial charge is 0.396 e. The van der Waals surface area contributed by atoms with Crippen molar-refractivity contribution in [3.63, 3.8) is 0 Å². The van der Waals surface area contributed by atoms with E-state index in [9.17, 15) is 13.6 Å². The lowest BCUT2D eigenvalue weighted by Gasteiger charge is -2.16. The highest BCUT2D eigenvalue weighted by Gasteiger charge is 2.18. The van der Waals surface area contributed by atoms with Crippen molar-refractivity contribution in [1.29, 1.82) is 0 Å². The first-order valence-corrected chi connectivity index (χ1v) is 5.53. The Morgan fingerprint density at radius 2 is 2.17 bits per heavy atom. The van der Waals surface area contributed by atoms with Crippen LogP contribution in [0.15, 0.2) is 12.1 Å². The zero-order valence-corrected chi connectivity index (χ0v) is 10.3. The molecule has 1 amide bonds. The molecule has 0 aromatic heterocycles. The molecule has 0 aliphatic carbocycles. The molecule has 1 unspecified atom stereocenters. The molecule has 6 heteroatoms. The van der Waals surface area contributed by atoms with E-state index in [2.05, 4.69) is 5.32 Å². The summed E-state index contributed by atoms with van der Waals surface area (Å²) in [5, 5.41) is 2.55. The molecule has 0 spiro atoms. The number of amides is 1. The van der Waals surface area contributed by atoms with E-state index < -0.39 is 23.1 Å². The second kappa shape index (κ2) is 6.30. The lowest BCUT2D eigenvalue weighted by molar-refractivity contribution is 0.0890. The lowest BCUT2D eigenvalue weighted by atomic mass is 10.1. The standard InChI is InChI=1S/C12H16F2N2O2/c1-3-8(6-18-2)16-12(17)9-4-7(13)5-10(15)11(9)14/h4-5,8H,3,6,15H2,1-2H3,(H,16,17). The molecule has 1 rings (SSSR count). The number of hydrogen-bond acceptors (Lipinski definition) is 3. The Bertz CT molecular complexity index is 438. The van der Waals surface area contributed by atoms with Crippen molar-refractivity contribution < 1.29 is 18.3 Å². The van der Waals surface area contributed by atoms with E-state index in [0.717, 1.165) is 12.1 Å². The number of carbonyl (C=O) groups excluding carboxylic acids is 1. The molecule has 1 aromatic carbocycles. The van der Waals surface area contributed by atoms with Gasteiger partial charge in [0.15, 0.2) is 5.82 Å². The van der Waals surface area contributed by atoms with Gasteiger partial charge >= 0.3 is 0 Å². The summed E-state index contributed by atoms with van der Waals surface area (Å²) < 4.78 is 31.6. The summed E-state index contributed by atoms with van der Waals surface area (Å²) in [6.07, 6.45) is 0.617. The monoisotopic (exact) mass is 258 g/mol. The van der Waals surface area contributed by atoms with Crippen LogP contribution >= 0.6 is 0 Å². The quantitative estimate of drug-likeness (QED) is 0.790. The molecule has 0 radical (unpaired) electrons. The Morgan fingerprint density at radius 3 is 2.72 bits per heavy atom. The number of benzene rings is 1. The molecule has 100 valence electrons. The van der Waals surface area contributed by atoms with Crippen LogP contribution in [-0.4, -0.2) is 25.7 Å². The topological polar surface area (TPSA) is 64.3 Å². The predicted molar refractivity (Wildman–Crippen MR) is 64.2 cm³/mol. The molecule has 0 aliphatic rings. The molecule has 0 saturated carbocycles. The minimum absolute atomic E-state index is 0.258. The third kappa shape index (κ3) is 3.40. The van der Waals surface area contributed by atoms with Crippen molar-refractivity contribution in [3.8, 4) is 0 Å². The highest BCUT2D eigenvalue weighted by Crippen LogP contribution is 2.17. The maximum Gasteiger partial charge on any atom is 0.254 e. The molecule has 4 nitrogen and oxygen atoms in total. The highest BCUT2D eigenvalue weighted by atomic mass is 19.1. The van der Waals surface area contributed by atoms with Crippen LogP contribution in [0.4, 0.5) is 14.5 Å². The third-order valence-electron chi connectivity index (χ3n) is 2.51. The van der Waals surface area contributed by atoms with Gasteiger partial charge in [0.05, 0.1) is 23.9 Å². The van der Waals surface area contributed by atoms with Crippen molar-refractivity contribution in [2.45, 2.75) is 19.4 Å². The second-order valence-corrected chi connectivity index (χ2v) is 3.89. The number of anilines is 1. The Labute approximate surface area is 104 Å². The van der Waals surface area contributed by atoms with E-state index >= 15 is 0 Å². The summed E-state index contributed by atoms with van der Waals surface area (Å²) in [6, 6.07) is 1.39. The van der Waals surface area contributed by atoms with Gasteiger partial charge in [0.2, 0.25) is 0 Å². The van der Waals surface area contributed by atoms with Crippen LogP contribution in [0.2, 0.25) is 0 Å². The molecule has 3 N–H and O–H groups in total. The van der Waals surface area contributed by atoms with E-state index in [1.807, 2.05) is 6.92 Å². The van der Waals surface area contributed by atoms with Crippen LogP contribution in [-0.2, 0) is 4.74 Å². The number of carbonyl (C=O) groups is 1. The van der Waals surface area contributed by atoms with Crippen molar-refractivity contribution in [3.05, 3.63) is 29.3 Å². The molecular formula is C12H16F2N2O2. The number of nitrogens with one attached hydrogen (secondary N) is 1. The van der Waals surface area contributed by atoms with E-state index in [1.165, 1.54) is 7.11 Å². The van der Waals surface area contributed by atoms with Gasteiger partial charge in [-0.3, -0.25) is 4.79 Å². The Kier molecular flexibility index (Phi) is 5.03. The van der Waals surface area contributed by atoms with Gasteiger partial charge in [-0.25, -0.2) is 8.78 Å². The van der Waals surface area contributed by atoms with Gasteiger partial charge in [0, 0.05) is 7.11 Å². The second-order valence-electron chi connectivity index (χ2n) is 3.89. The van der Waals surface area contributed by atoms with Crippen molar-refractivity contribution in [2.24, 2.45) is 0 Å². The fourth-order valence-electron chi connectivity index (χ4n) is 1.50. The summed E-state index contributed by atoms with van der Waals surface area (Å²) in [5.41, 5.74) is 4.47. The van der Waals surface area contributed by atoms with Gasteiger partial charge in [-0.15, -0.1) is 0 Å². The number of methoxy groups -OCH3 is 1. The fourth-order valence-corrected chi connectivity index (χ4v) is 1.50. The normalized spacial score (nSPS) is 12.2. The van der Waals surface area contributed by atoms with Crippen LogP contribution < -0.4 is 11.1 Å². The summed E-state index contributed by atoms with van der Waals surface area (Å²) in [7, 11) is 1.50. The average molecular weight is 258 g/mol. The summed E-state index contributed by atoms with van der Waals surface area (Å²) >= 11 is 0. The molecule has 1 atom stereocenters. The molecule has 1 aromatic rings. The van der Waals surface area contributed by atoms with Crippen molar-refractivity contribution >= 4 is 11.6 Å². The van der Waals surface area contributed by atoms with Crippen LogP contribution in [0.3, 0.4) is 0 Å². The maximum atomic E-state index is 13.6. The van der Waals surface area contributed by atoms with Gasteiger partial charge in [-0.2, -0.15) is 0 Å². The highest BCUT2D eigenvalue weighted by molar-refractivity contribution is 5.95. The number of nitrogens with two attached hydrogens (primary N) is 1. The van der Waals surface area contributed by atoms with Crippen LogP contribution in [0.1, 0.15) is 23.7 Å². The van der Waals surface area contributed by atoms with E-state index in [-0.39, 0.29) is 11.7 Å². The van der Waals surface area contributed by atoms with E-state index in [0.29, 0.717) is 13.0 Å². The fraction of sp³-hybridized carbons (Fsp3) is 0.417.